The molecule has 0 amide bonds. The monoisotopic (exact) mass is 1030 g/mol. The number of rotatable bonds is 49. The van der Waals surface area contributed by atoms with Crippen molar-refractivity contribution in [3.05, 3.63) is 60.8 Å². The number of carboxylic acid groups (broad SMARTS) is 1. The van der Waals surface area contributed by atoms with Gasteiger partial charge in [0, 0.05) is 19.3 Å². The predicted octanol–water partition coefficient (Wildman–Crippen LogP) is 14.8. The van der Waals surface area contributed by atoms with Gasteiger partial charge in [-0.3, -0.25) is 14.4 Å². The molecule has 3 N–H and O–H groups in total. The number of hydrogen-bond donors (Lipinski definition) is 3. The number of carbonyl (C=O) groups excluding carboxylic acids is 3. The Labute approximate surface area is 443 Å². The van der Waals surface area contributed by atoms with E-state index in [2.05, 4.69) is 81.5 Å². The number of allylic oxidation sites excluding steroid dienone is 10. The van der Waals surface area contributed by atoms with E-state index in [0.29, 0.717) is 19.3 Å². The summed E-state index contributed by atoms with van der Waals surface area (Å²) >= 11 is 0. The van der Waals surface area contributed by atoms with Crippen molar-refractivity contribution in [1.29, 1.82) is 0 Å². The molecule has 73 heavy (non-hydrogen) atoms. The second-order valence-corrected chi connectivity index (χ2v) is 19.9. The number of carbonyl (C=O) groups is 4. The maximum absolute atomic E-state index is 13.1. The lowest BCUT2D eigenvalue weighted by molar-refractivity contribution is -0.301. The number of aliphatic carboxylic acids is 1. The molecule has 1 saturated heterocycles. The number of hydrogen-bond acceptors (Lipinski definition) is 11. The third-order valence-corrected chi connectivity index (χ3v) is 13.0. The third kappa shape index (κ3) is 39.5. The maximum Gasteiger partial charge on any atom is 0.335 e. The predicted molar refractivity (Wildman–Crippen MR) is 294 cm³/mol. The molecule has 0 aromatic heterocycles. The molecule has 420 valence electrons. The van der Waals surface area contributed by atoms with Crippen molar-refractivity contribution in [2.75, 3.05) is 13.2 Å². The van der Waals surface area contributed by atoms with Crippen LogP contribution in [0, 0.1) is 0 Å². The van der Waals surface area contributed by atoms with Gasteiger partial charge in [0.25, 0.3) is 0 Å². The van der Waals surface area contributed by atoms with E-state index in [1.807, 2.05) is 0 Å². The Morgan fingerprint density at radius 3 is 1.33 bits per heavy atom. The zero-order valence-corrected chi connectivity index (χ0v) is 46.1. The molecular formula is C61H104O12. The maximum atomic E-state index is 13.1. The quantitative estimate of drug-likeness (QED) is 0.0228. The first-order valence-corrected chi connectivity index (χ1v) is 29.3. The van der Waals surface area contributed by atoms with Gasteiger partial charge in [-0.15, -0.1) is 0 Å². The summed E-state index contributed by atoms with van der Waals surface area (Å²) in [5, 5.41) is 31.5. The number of esters is 3. The number of carboxylic acids is 1. The number of unbranched alkanes of at least 4 members (excludes halogenated alkanes) is 25. The summed E-state index contributed by atoms with van der Waals surface area (Å²) in [5.74, 6) is -3.15. The number of ether oxygens (including phenoxy) is 5. The Morgan fingerprint density at radius 1 is 0.466 bits per heavy atom. The molecule has 0 aromatic rings. The fourth-order valence-corrected chi connectivity index (χ4v) is 8.55. The van der Waals surface area contributed by atoms with Crippen molar-refractivity contribution >= 4 is 23.9 Å². The average Bonchev–Trinajstić information content (AvgIpc) is 3.37. The van der Waals surface area contributed by atoms with Crippen molar-refractivity contribution in [3.8, 4) is 0 Å². The van der Waals surface area contributed by atoms with Crippen LogP contribution in [0.1, 0.15) is 252 Å². The Morgan fingerprint density at radius 2 is 0.863 bits per heavy atom. The van der Waals surface area contributed by atoms with Crippen LogP contribution < -0.4 is 0 Å². The summed E-state index contributed by atoms with van der Waals surface area (Å²) in [6, 6.07) is 0. The topological polar surface area (TPSA) is 175 Å². The number of aliphatic hydroxyl groups excluding tert-OH is 2. The first kappa shape index (κ1) is 67.4. The fourth-order valence-electron chi connectivity index (χ4n) is 8.55. The second-order valence-electron chi connectivity index (χ2n) is 19.9. The normalized spacial score (nSPS) is 18.7. The van der Waals surface area contributed by atoms with Crippen molar-refractivity contribution in [2.24, 2.45) is 0 Å². The van der Waals surface area contributed by atoms with Crippen LogP contribution in [0.15, 0.2) is 60.8 Å². The van der Waals surface area contributed by atoms with Crippen LogP contribution in [0.2, 0.25) is 0 Å². The van der Waals surface area contributed by atoms with Gasteiger partial charge in [-0.25, -0.2) is 4.79 Å². The van der Waals surface area contributed by atoms with E-state index in [9.17, 15) is 34.5 Å². The second kappa shape index (κ2) is 49.3. The summed E-state index contributed by atoms with van der Waals surface area (Å²) in [6.07, 6.45) is 47.6. The highest BCUT2D eigenvalue weighted by Gasteiger charge is 2.50. The van der Waals surface area contributed by atoms with Crippen molar-refractivity contribution in [1.82, 2.24) is 0 Å². The lowest BCUT2D eigenvalue weighted by atomic mass is 9.98. The Balaban J connectivity index is 2.70. The molecule has 12 nitrogen and oxygen atoms in total. The molecule has 0 spiro atoms. The molecule has 1 fully saturated rings. The third-order valence-electron chi connectivity index (χ3n) is 13.0. The minimum absolute atomic E-state index is 0.0472. The van der Waals surface area contributed by atoms with Gasteiger partial charge in [-0.1, -0.05) is 191 Å². The van der Waals surface area contributed by atoms with Crippen molar-refractivity contribution in [3.63, 3.8) is 0 Å². The molecule has 1 rings (SSSR count). The molecule has 0 saturated carbocycles. The van der Waals surface area contributed by atoms with Gasteiger partial charge in [0.15, 0.2) is 24.6 Å². The van der Waals surface area contributed by atoms with E-state index in [4.69, 9.17) is 23.7 Å². The van der Waals surface area contributed by atoms with Crippen molar-refractivity contribution in [2.45, 2.75) is 289 Å². The van der Waals surface area contributed by atoms with E-state index in [-0.39, 0.29) is 25.9 Å². The smallest absolute Gasteiger partial charge is 0.335 e. The number of aliphatic hydroxyl groups is 2. The van der Waals surface area contributed by atoms with Crippen LogP contribution in [0.5, 0.6) is 0 Å². The SMILES string of the molecule is CC/C=C\C/C=C\C/C=C\CCCCCCCCCC(=O)OC1C(OCC(COC(=O)CCCCCCC/C=C\CCCCCC)OC(=O)CCCCCCC/C=C\CCCCCC)OC(C(=O)O)C(O)C1O. The molecule has 0 radical (unpaired) electrons. The Kier molecular flexibility index (Phi) is 45.5. The van der Waals surface area contributed by atoms with Gasteiger partial charge < -0.3 is 39.0 Å². The highest BCUT2D eigenvalue weighted by atomic mass is 16.7. The Hall–Kier alpha value is -3.58. The molecule has 6 atom stereocenters. The average molecular weight is 1030 g/mol. The van der Waals surface area contributed by atoms with E-state index in [1.54, 1.807) is 0 Å². The van der Waals surface area contributed by atoms with Gasteiger partial charge >= 0.3 is 23.9 Å². The van der Waals surface area contributed by atoms with E-state index >= 15 is 0 Å². The zero-order valence-electron chi connectivity index (χ0n) is 46.1. The van der Waals surface area contributed by atoms with Crippen LogP contribution in [0.25, 0.3) is 0 Å². The van der Waals surface area contributed by atoms with E-state index < -0.39 is 67.3 Å². The summed E-state index contributed by atoms with van der Waals surface area (Å²) in [4.78, 5) is 51.1. The van der Waals surface area contributed by atoms with Crippen LogP contribution >= 0.6 is 0 Å². The minimum atomic E-state index is -1.91. The molecule has 1 heterocycles. The van der Waals surface area contributed by atoms with Gasteiger partial charge in [-0.05, 0) is 103 Å². The van der Waals surface area contributed by atoms with Crippen LogP contribution in [-0.4, -0.2) is 89.2 Å². The largest absolute Gasteiger partial charge is 0.479 e. The Bertz CT molecular complexity index is 1500. The van der Waals surface area contributed by atoms with Crippen LogP contribution in [0.4, 0.5) is 0 Å². The van der Waals surface area contributed by atoms with Crippen LogP contribution in [-0.2, 0) is 42.9 Å². The molecule has 0 aliphatic carbocycles. The van der Waals surface area contributed by atoms with Gasteiger partial charge in [0.2, 0.25) is 0 Å². The highest BCUT2D eigenvalue weighted by Crippen LogP contribution is 2.26. The van der Waals surface area contributed by atoms with Crippen LogP contribution in [0.3, 0.4) is 0 Å². The molecule has 0 bridgehead atoms. The molecule has 1 aliphatic heterocycles. The minimum Gasteiger partial charge on any atom is -0.479 e. The molecule has 6 unspecified atom stereocenters. The van der Waals surface area contributed by atoms with Gasteiger partial charge in [0.1, 0.15) is 18.8 Å². The summed E-state index contributed by atoms with van der Waals surface area (Å²) in [6.45, 7) is 5.83. The fraction of sp³-hybridized carbons (Fsp3) is 0.770. The first-order valence-electron chi connectivity index (χ1n) is 29.3. The lowest BCUT2D eigenvalue weighted by Gasteiger charge is -2.40. The zero-order chi connectivity index (χ0) is 53.3. The highest BCUT2D eigenvalue weighted by molar-refractivity contribution is 5.74. The summed E-state index contributed by atoms with van der Waals surface area (Å²) < 4.78 is 28.4. The molecular weight excluding hydrogens is 925 g/mol. The van der Waals surface area contributed by atoms with E-state index in [1.165, 1.54) is 51.4 Å². The van der Waals surface area contributed by atoms with Gasteiger partial charge in [0.05, 0.1) is 6.61 Å². The lowest BCUT2D eigenvalue weighted by Crippen LogP contribution is -2.61. The summed E-state index contributed by atoms with van der Waals surface area (Å²) in [7, 11) is 0. The first-order chi connectivity index (χ1) is 35.6. The summed E-state index contributed by atoms with van der Waals surface area (Å²) in [5.41, 5.74) is 0. The van der Waals surface area contributed by atoms with E-state index in [0.717, 1.165) is 141 Å². The molecule has 0 aromatic carbocycles. The molecule has 12 heteroatoms. The molecule has 1 aliphatic rings. The van der Waals surface area contributed by atoms with Gasteiger partial charge in [-0.2, -0.15) is 0 Å². The standard InChI is InChI=1S/C61H104O12/c1-4-7-10-13-16-19-22-25-26-27-28-31-34-37-40-43-46-49-55(64)72-59-57(66)56(65)58(60(67)68)73-61(59)70-51-52(71-54(63)48-45-42-39-36-33-30-24-21-18-15-12-9-6-3)50-69-53(62)47-44-41-38-35-32-29-23-20-17-14-11-8-5-2/h7,10,16,19-21,23-26,52,56-59,61,65-66H,4-6,8-9,11-15,17-18,22,27-51H2,1-3H3,(H,67,68)/b10-7-,19-16-,23-20-,24-21-,26-25-. The van der Waals surface area contributed by atoms with Crippen molar-refractivity contribution < 1.29 is 58.2 Å².